The van der Waals surface area contributed by atoms with E-state index in [0.29, 0.717) is 12.2 Å². The van der Waals surface area contributed by atoms with Gasteiger partial charge in [-0.25, -0.2) is 4.79 Å². The van der Waals surface area contributed by atoms with Crippen LogP contribution in [-0.4, -0.2) is 9.13 Å². The first-order valence-electron chi connectivity index (χ1n) is 5.91. The topological polar surface area (TPSA) is 52.9 Å². The Balaban J connectivity index is 2.23. The molecule has 18 heavy (non-hydrogen) atoms. The van der Waals surface area contributed by atoms with Gasteiger partial charge in [0, 0.05) is 29.1 Å². The molecular formula is C13H16BrN3O. The Labute approximate surface area is 114 Å². The number of nitrogens with two attached hydrogens (primary N) is 1. The van der Waals surface area contributed by atoms with Crippen LogP contribution in [0.25, 0.3) is 0 Å². The Bertz CT molecular complexity index is 601. The van der Waals surface area contributed by atoms with Crippen molar-refractivity contribution in [2.75, 3.05) is 5.73 Å². The molecule has 4 nitrogen and oxygen atoms in total. The number of aryl methyl sites for hydroxylation is 1. The number of nitrogens with zero attached hydrogens (tertiary/aromatic N) is 2. The van der Waals surface area contributed by atoms with Gasteiger partial charge in [0.2, 0.25) is 0 Å². The highest BCUT2D eigenvalue weighted by Gasteiger charge is 2.04. The number of hydrogen-bond acceptors (Lipinski definition) is 2. The SMILES string of the molecule is CCCn1ccn(Cc2ccc(Br)c(N)c2)c1=O. The number of rotatable bonds is 4. The number of nitrogen functional groups attached to an aromatic ring is 1. The molecule has 0 atom stereocenters. The highest BCUT2D eigenvalue weighted by molar-refractivity contribution is 9.10. The largest absolute Gasteiger partial charge is 0.398 e. The summed E-state index contributed by atoms with van der Waals surface area (Å²) in [6.45, 7) is 3.36. The highest BCUT2D eigenvalue weighted by Crippen LogP contribution is 2.20. The lowest BCUT2D eigenvalue weighted by atomic mass is 10.2. The zero-order valence-corrected chi connectivity index (χ0v) is 11.9. The van der Waals surface area contributed by atoms with Gasteiger partial charge in [-0.3, -0.25) is 9.13 Å². The number of anilines is 1. The number of halogens is 1. The van der Waals surface area contributed by atoms with Crippen molar-refractivity contribution in [3.63, 3.8) is 0 Å². The first-order valence-corrected chi connectivity index (χ1v) is 6.70. The third kappa shape index (κ3) is 2.67. The highest BCUT2D eigenvalue weighted by atomic mass is 79.9. The van der Waals surface area contributed by atoms with Crippen LogP contribution in [0.4, 0.5) is 5.69 Å². The van der Waals surface area contributed by atoms with Gasteiger partial charge >= 0.3 is 5.69 Å². The van der Waals surface area contributed by atoms with Gasteiger partial charge in [-0.05, 0) is 40.0 Å². The van der Waals surface area contributed by atoms with E-state index in [1.54, 1.807) is 9.13 Å². The normalized spacial score (nSPS) is 10.8. The zero-order valence-electron chi connectivity index (χ0n) is 10.3. The van der Waals surface area contributed by atoms with Crippen LogP contribution in [0, 0.1) is 0 Å². The summed E-state index contributed by atoms with van der Waals surface area (Å²) in [5, 5.41) is 0. The predicted molar refractivity (Wildman–Crippen MR) is 76.6 cm³/mol. The van der Waals surface area contributed by atoms with E-state index in [9.17, 15) is 4.79 Å². The molecule has 0 fully saturated rings. The minimum atomic E-state index is 0.0262. The Morgan fingerprint density at radius 2 is 2.00 bits per heavy atom. The van der Waals surface area contributed by atoms with Crippen molar-refractivity contribution in [1.82, 2.24) is 9.13 Å². The second kappa shape index (κ2) is 5.44. The van der Waals surface area contributed by atoms with Crippen molar-refractivity contribution in [2.24, 2.45) is 0 Å². The second-order valence-electron chi connectivity index (χ2n) is 4.26. The minimum Gasteiger partial charge on any atom is -0.398 e. The van der Waals surface area contributed by atoms with E-state index in [-0.39, 0.29) is 5.69 Å². The van der Waals surface area contributed by atoms with Gasteiger partial charge in [-0.15, -0.1) is 0 Å². The molecule has 2 aromatic rings. The lowest BCUT2D eigenvalue weighted by Crippen LogP contribution is -2.24. The monoisotopic (exact) mass is 309 g/mol. The van der Waals surface area contributed by atoms with Crippen molar-refractivity contribution >= 4 is 21.6 Å². The Hall–Kier alpha value is -1.49. The summed E-state index contributed by atoms with van der Waals surface area (Å²) in [4.78, 5) is 12.0. The van der Waals surface area contributed by atoms with E-state index in [1.165, 1.54) is 0 Å². The molecular weight excluding hydrogens is 294 g/mol. The molecule has 0 aliphatic rings. The van der Waals surface area contributed by atoms with Gasteiger partial charge in [-0.1, -0.05) is 13.0 Å². The third-order valence-electron chi connectivity index (χ3n) is 2.80. The molecule has 0 spiro atoms. The van der Waals surface area contributed by atoms with Gasteiger partial charge in [0.05, 0.1) is 6.54 Å². The molecule has 0 aliphatic carbocycles. The van der Waals surface area contributed by atoms with Gasteiger partial charge in [-0.2, -0.15) is 0 Å². The Morgan fingerprint density at radius 3 is 2.67 bits per heavy atom. The molecule has 0 amide bonds. The molecule has 0 bridgehead atoms. The fourth-order valence-corrected chi connectivity index (χ4v) is 2.12. The number of benzene rings is 1. The standard InChI is InChI=1S/C13H16BrN3O/c1-2-5-16-6-7-17(13(16)18)9-10-3-4-11(14)12(15)8-10/h3-4,6-8H,2,5,9,15H2,1H3. The molecule has 0 unspecified atom stereocenters. The molecule has 0 radical (unpaired) electrons. The van der Waals surface area contributed by atoms with Gasteiger partial charge in [0.25, 0.3) is 0 Å². The van der Waals surface area contributed by atoms with Crippen molar-refractivity contribution < 1.29 is 0 Å². The molecule has 0 saturated carbocycles. The van der Waals surface area contributed by atoms with E-state index in [0.717, 1.165) is 23.0 Å². The van der Waals surface area contributed by atoms with Crippen LogP contribution >= 0.6 is 15.9 Å². The van der Waals surface area contributed by atoms with Crippen LogP contribution in [0.1, 0.15) is 18.9 Å². The first-order chi connectivity index (χ1) is 8.61. The fraction of sp³-hybridized carbons (Fsp3) is 0.308. The van der Waals surface area contributed by atoms with Crippen LogP contribution in [-0.2, 0) is 13.1 Å². The van der Waals surface area contributed by atoms with E-state index >= 15 is 0 Å². The Morgan fingerprint density at radius 1 is 1.28 bits per heavy atom. The van der Waals surface area contributed by atoms with Crippen LogP contribution < -0.4 is 11.4 Å². The second-order valence-corrected chi connectivity index (χ2v) is 5.11. The maximum atomic E-state index is 12.0. The molecule has 0 aliphatic heterocycles. The summed E-state index contributed by atoms with van der Waals surface area (Å²) in [5.74, 6) is 0. The van der Waals surface area contributed by atoms with Crippen LogP contribution in [0.5, 0.6) is 0 Å². The summed E-state index contributed by atoms with van der Waals surface area (Å²) in [7, 11) is 0. The van der Waals surface area contributed by atoms with Gasteiger partial charge in [0.15, 0.2) is 0 Å². The zero-order chi connectivity index (χ0) is 13.1. The van der Waals surface area contributed by atoms with E-state index < -0.39 is 0 Å². The molecule has 96 valence electrons. The van der Waals surface area contributed by atoms with E-state index in [1.807, 2.05) is 30.6 Å². The average molecular weight is 310 g/mol. The number of aromatic nitrogens is 2. The summed E-state index contributed by atoms with van der Waals surface area (Å²) < 4.78 is 4.29. The van der Waals surface area contributed by atoms with Crippen LogP contribution in [0.3, 0.4) is 0 Å². The van der Waals surface area contributed by atoms with Gasteiger partial charge < -0.3 is 5.73 Å². The maximum Gasteiger partial charge on any atom is 0.328 e. The summed E-state index contributed by atoms with van der Waals surface area (Å²) in [6, 6.07) is 5.75. The molecule has 0 saturated heterocycles. The fourth-order valence-electron chi connectivity index (χ4n) is 1.87. The quantitative estimate of drug-likeness (QED) is 0.882. The lowest BCUT2D eigenvalue weighted by molar-refractivity contribution is 0.624. The molecule has 1 aromatic carbocycles. The van der Waals surface area contributed by atoms with Crippen molar-refractivity contribution in [3.05, 3.63) is 51.1 Å². The minimum absolute atomic E-state index is 0.0262. The van der Waals surface area contributed by atoms with Crippen molar-refractivity contribution in [1.29, 1.82) is 0 Å². The molecule has 2 rings (SSSR count). The Kier molecular flexibility index (Phi) is 3.91. The number of imidazole rings is 1. The van der Waals surface area contributed by atoms with Gasteiger partial charge in [0.1, 0.15) is 0 Å². The summed E-state index contributed by atoms with van der Waals surface area (Å²) in [6.07, 6.45) is 4.60. The molecule has 5 heteroatoms. The van der Waals surface area contributed by atoms with Crippen molar-refractivity contribution in [3.8, 4) is 0 Å². The smallest absolute Gasteiger partial charge is 0.328 e. The van der Waals surface area contributed by atoms with Crippen LogP contribution in [0.15, 0.2) is 39.9 Å². The van der Waals surface area contributed by atoms with E-state index in [2.05, 4.69) is 22.9 Å². The predicted octanol–water partition coefficient (Wildman–Crippen LogP) is 2.45. The molecule has 1 heterocycles. The lowest BCUT2D eigenvalue weighted by Gasteiger charge is -2.05. The summed E-state index contributed by atoms with van der Waals surface area (Å²) in [5.41, 5.74) is 7.56. The maximum absolute atomic E-state index is 12.0. The molecule has 1 aromatic heterocycles. The van der Waals surface area contributed by atoms with Crippen LogP contribution in [0.2, 0.25) is 0 Å². The first kappa shape index (κ1) is 13.0. The number of hydrogen-bond donors (Lipinski definition) is 1. The average Bonchev–Trinajstić information content (AvgIpc) is 2.67. The summed E-state index contributed by atoms with van der Waals surface area (Å²) >= 11 is 3.36. The third-order valence-corrected chi connectivity index (χ3v) is 3.52. The molecule has 2 N–H and O–H groups in total. The van der Waals surface area contributed by atoms with E-state index in [4.69, 9.17) is 5.73 Å². The van der Waals surface area contributed by atoms with Crippen molar-refractivity contribution in [2.45, 2.75) is 26.4 Å².